The minimum atomic E-state index is -3.72. The number of hydrogen-bond acceptors (Lipinski definition) is 4. The third kappa shape index (κ3) is 3.57. The van der Waals surface area contributed by atoms with Gasteiger partial charge in [-0.15, -0.1) is 11.3 Å². The van der Waals surface area contributed by atoms with E-state index in [0.29, 0.717) is 16.4 Å². The third-order valence-electron chi connectivity index (χ3n) is 2.41. The average Bonchev–Trinajstić information content (AvgIpc) is 2.87. The molecule has 0 aliphatic rings. The molecule has 0 aliphatic heterocycles. The van der Waals surface area contributed by atoms with E-state index in [1.165, 1.54) is 12.1 Å². The fourth-order valence-electron chi connectivity index (χ4n) is 1.48. The van der Waals surface area contributed by atoms with Crippen LogP contribution in [0.5, 0.6) is 0 Å². The first kappa shape index (κ1) is 15.0. The second-order valence-corrected chi connectivity index (χ2v) is 7.39. The van der Waals surface area contributed by atoms with Gasteiger partial charge < -0.3 is 5.11 Å². The Labute approximate surface area is 124 Å². The van der Waals surface area contributed by atoms with Crippen molar-refractivity contribution in [1.29, 1.82) is 0 Å². The summed E-state index contributed by atoms with van der Waals surface area (Å²) in [6, 6.07) is 9.35. The molecule has 5 nitrogen and oxygen atoms in total. The van der Waals surface area contributed by atoms with Crippen LogP contribution in [0.4, 0.5) is 0 Å². The topological polar surface area (TPSA) is 83.5 Å². The number of carboxylic acid groups (broad SMARTS) is 1. The fraction of sp³-hybridized carbons (Fsp3) is 0.0833. The van der Waals surface area contributed by atoms with Gasteiger partial charge in [-0.1, -0.05) is 23.7 Å². The van der Waals surface area contributed by atoms with Crippen LogP contribution in [-0.2, 0) is 16.6 Å². The predicted molar refractivity (Wildman–Crippen MR) is 76.8 cm³/mol. The molecule has 2 rings (SSSR count). The number of sulfonamides is 1. The fourth-order valence-corrected chi connectivity index (χ4v) is 3.90. The minimum Gasteiger partial charge on any atom is -0.477 e. The van der Waals surface area contributed by atoms with Gasteiger partial charge in [-0.05, 0) is 29.8 Å². The van der Waals surface area contributed by atoms with Crippen molar-refractivity contribution in [1.82, 2.24) is 4.72 Å². The summed E-state index contributed by atoms with van der Waals surface area (Å²) < 4.78 is 26.4. The molecule has 0 saturated carbocycles. The maximum absolute atomic E-state index is 12.0. The van der Waals surface area contributed by atoms with E-state index in [-0.39, 0.29) is 15.6 Å². The normalized spacial score (nSPS) is 11.4. The van der Waals surface area contributed by atoms with Gasteiger partial charge >= 0.3 is 5.97 Å². The Morgan fingerprint density at radius 2 is 2.05 bits per heavy atom. The first-order valence-electron chi connectivity index (χ1n) is 5.46. The molecule has 0 saturated heterocycles. The van der Waals surface area contributed by atoms with Crippen LogP contribution < -0.4 is 4.72 Å². The van der Waals surface area contributed by atoms with Crippen LogP contribution >= 0.6 is 22.9 Å². The molecule has 0 fully saturated rings. The molecular weight excluding hydrogens is 322 g/mol. The first-order chi connectivity index (χ1) is 9.38. The van der Waals surface area contributed by atoms with Gasteiger partial charge in [0, 0.05) is 11.6 Å². The van der Waals surface area contributed by atoms with Crippen molar-refractivity contribution in [3.63, 3.8) is 0 Å². The summed E-state index contributed by atoms with van der Waals surface area (Å²) >= 11 is 6.52. The number of rotatable bonds is 5. The van der Waals surface area contributed by atoms with Gasteiger partial charge in [0.1, 0.15) is 9.09 Å². The van der Waals surface area contributed by atoms with Gasteiger partial charge in [-0.3, -0.25) is 0 Å². The van der Waals surface area contributed by atoms with Crippen LogP contribution in [0.3, 0.4) is 0 Å². The van der Waals surface area contributed by atoms with Gasteiger partial charge in [0.25, 0.3) is 0 Å². The Hall–Kier alpha value is -1.41. The van der Waals surface area contributed by atoms with Gasteiger partial charge in [-0.25, -0.2) is 17.9 Å². The summed E-state index contributed by atoms with van der Waals surface area (Å²) in [6.07, 6.45) is 0. The predicted octanol–water partition coefficient (Wildman–Crippen LogP) is 2.58. The number of thiophene rings is 1. The highest BCUT2D eigenvalue weighted by molar-refractivity contribution is 7.91. The maximum Gasteiger partial charge on any atom is 0.345 e. The van der Waals surface area contributed by atoms with Crippen LogP contribution in [0, 0.1) is 0 Å². The van der Waals surface area contributed by atoms with Crippen molar-refractivity contribution in [3.8, 4) is 0 Å². The average molecular weight is 332 g/mol. The number of benzene rings is 1. The van der Waals surface area contributed by atoms with E-state index in [0.717, 1.165) is 5.56 Å². The van der Waals surface area contributed by atoms with Crippen molar-refractivity contribution in [2.24, 2.45) is 0 Å². The van der Waals surface area contributed by atoms with Gasteiger partial charge in [0.2, 0.25) is 10.0 Å². The molecule has 8 heteroatoms. The molecule has 0 unspecified atom stereocenters. The number of aromatic carboxylic acids is 1. The molecule has 1 aromatic carbocycles. The summed E-state index contributed by atoms with van der Waals surface area (Å²) in [5.41, 5.74) is 0.719. The third-order valence-corrected chi connectivity index (χ3v) is 5.61. The van der Waals surface area contributed by atoms with Crippen molar-refractivity contribution in [3.05, 3.63) is 51.9 Å². The Morgan fingerprint density at radius 1 is 1.30 bits per heavy atom. The van der Waals surface area contributed by atoms with Crippen LogP contribution in [0.25, 0.3) is 0 Å². The molecule has 0 atom stereocenters. The monoisotopic (exact) mass is 331 g/mol. The Morgan fingerprint density at radius 3 is 2.65 bits per heavy atom. The van der Waals surface area contributed by atoms with E-state index in [4.69, 9.17) is 16.7 Å². The highest BCUT2D eigenvalue weighted by Crippen LogP contribution is 2.21. The van der Waals surface area contributed by atoms with E-state index in [1.54, 1.807) is 24.3 Å². The summed E-state index contributed by atoms with van der Waals surface area (Å²) in [5.74, 6) is -1.15. The Bertz CT molecular complexity index is 739. The number of hydrogen-bond donors (Lipinski definition) is 2. The zero-order chi connectivity index (χ0) is 14.8. The number of halogens is 1. The lowest BCUT2D eigenvalue weighted by molar-refractivity contribution is 0.0702. The van der Waals surface area contributed by atoms with Crippen LogP contribution in [0.2, 0.25) is 5.02 Å². The van der Waals surface area contributed by atoms with Gasteiger partial charge in [0.05, 0.1) is 0 Å². The molecule has 1 aromatic heterocycles. The van der Waals surface area contributed by atoms with E-state index in [1.807, 2.05) is 0 Å². The second kappa shape index (κ2) is 5.92. The van der Waals surface area contributed by atoms with Crippen LogP contribution in [0.15, 0.2) is 40.6 Å². The van der Waals surface area contributed by atoms with Crippen molar-refractivity contribution in [2.45, 2.75) is 10.8 Å². The Kier molecular flexibility index (Phi) is 4.44. The van der Waals surface area contributed by atoms with E-state index in [2.05, 4.69) is 4.72 Å². The molecule has 2 N–H and O–H groups in total. The maximum atomic E-state index is 12.0. The summed E-state index contributed by atoms with van der Waals surface area (Å²) in [7, 11) is -3.72. The molecule has 20 heavy (non-hydrogen) atoms. The van der Waals surface area contributed by atoms with Crippen molar-refractivity contribution in [2.75, 3.05) is 0 Å². The summed E-state index contributed by atoms with van der Waals surface area (Å²) in [6.45, 7) is 0.0865. The molecule has 0 bridgehead atoms. The smallest absolute Gasteiger partial charge is 0.345 e. The molecular formula is C12H10ClNO4S2. The molecule has 0 spiro atoms. The minimum absolute atomic E-state index is 0.0202. The number of carboxylic acids is 1. The molecule has 106 valence electrons. The Balaban J connectivity index is 2.12. The number of carbonyl (C=O) groups is 1. The lowest BCUT2D eigenvalue weighted by Gasteiger charge is -2.05. The molecule has 1 heterocycles. The molecule has 0 aliphatic carbocycles. The van der Waals surface area contributed by atoms with Crippen LogP contribution in [-0.4, -0.2) is 19.5 Å². The number of nitrogens with one attached hydrogen (secondary N) is 1. The highest BCUT2D eigenvalue weighted by Gasteiger charge is 2.18. The highest BCUT2D eigenvalue weighted by atomic mass is 35.5. The lowest BCUT2D eigenvalue weighted by Crippen LogP contribution is -2.22. The van der Waals surface area contributed by atoms with E-state index in [9.17, 15) is 13.2 Å². The quantitative estimate of drug-likeness (QED) is 0.882. The van der Waals surface area contributed by atoms with Crippen molar-refractivity contribution < 1.29 is 18.3 Å². The SMILES string of the molecule is O=C(O)c1ccc(S(=O)(=O)NCc2cccc(Cl)c2)s1. The summed E-state index contributed by atoms with van der Waals surface area (Å²) in [4.78, 5) is 10.7. The largest absolute Gasteiger partial charge is 0.477 e. The van der Waals surface area contributed by atoms with Crippen molar-refractivity contribution >= 4 is 38.9 Å². The lowest BCUT2D eigenvalue weighted by atomic mass is 10.2. The first-order valence-corrected chi connectivity index (χ1v) is 8.13. The van der Waals surface area contributed by atoms with E-state index < -0.39 is 16.0 Å². The van der Waals surface area contributed by atoms with Crippen LogP contribution in [0.1, 0.15) is 15.2 Å². The van der Waals surface area contributed by atoms with E-state index >= 15 is 0 Å². The second-order valence-electron chi connectivity index (χ2n) is 3.88. The summed E-state index contributed by atoms with van der Waals surface area (Å²) in [5, 5.41) is 9.30. The molecule has 2 aromatic rings. The zero-order valence-corrected chi connectivity index (χ0v) is 12.4. The molecule has 0 radical (unpaired) electrons. The van der Waals surface area contributed by atoms with Gasteiger partial charge in [-0.2, -0.15) is 0 Å². The molecule has 0 amide bonds. The zero-order valence-electron chi connectivity index (χ0n) is 10.0. The van der Waals surface area contributed by atoms with Gasteiger partial charge in [0.15, 0.2) is 0 Å². The standard InChI is InChI=1S/C12H10ClNO4S2/c13-9-3-1-2-8(6-9)7-14-20(17,18)11-5-4-10(19-11)12(15)16/h1-6,14H,7H2,(H,15,16).